The van der Waals surface area contributed by atoms with Crippen LogP contribution in [0.3, 0.4) is 0 Å². The first kappa shape index (κ1) is 45.7. The molecule has 8 rings (SSSR count). The summed E-state index contributed by atoms with van der Waals surface area (Å²) < 4.78 is 13.4. The van der Waals surface area contributed by atoms with Crippen molar-refractivity contribution in [2.24, 2.45) is 5.73 Å². The van der Waals surface area contributed by atoms with E-state index in [9.17, 15) is 19.2 Å². The number of hydrogen-bond donors (Lipinski definition) is 2. The molecule has 14 heteroatoms. The van der Waals surface area contributed by atoms with Crippen LogP contribution in [0.5, 0.6) is 0 Å². The molecule has 60 heavy (non-hydrogen) atoms. The van der Waals surface area contributed by atoms with E-state index in [1.54, 1.807) is 9.13 Å². The summed E-state index contributed by atoms with van der Waals surface area (Å²) in [6, 6.07) is 30.9. The largest absolute Gasteiger partial charge is 0.469 e. The van der Waals surface area contributed by atoms with Gasteiger partial charge in [-0.15, -0.1) is 12.4 Å². The van der Waals surface area contributed by atoms with Gasteiger partial charge in [0.2, 0.25) is 0 Å². The number of ether oxygens (including phenoxy) is 2. The summed E-state index contributed by atoms with van der Waals surface area (Å²) >= 11 is 3.48. The lowest BCUT2D eigenvalue weighted by Crippen LogP contribution is -2.24. The fourth-order valence-corrected chi connectivity index (χ4v) is 7.25. The van der Waals surface area contributed by atoms with E-state index >= 15 is 0 Å². The Bertz CT molecular complexity index is 2490. The molecule has 2 saturated carbocycles. The molecular weight excluding hydrogens is 848 g/mol. The first-order valence-electron chi connectivity index (χ1n) is 20.2. The zero-order valence-corrected chi connectivity index (χ0v) is 36.4. The van der Waals surface area contributed by atoms with Crippen molar-refractivity contribution < 1.29 is 19.1 Å². The third-order valence-corrected chi connectivity index (χ3v) is 10.8. The lowest BCUT2D eigenvalue weighted by atomic mass is 10.1. The van der Waals surface area contributed by atoms with Gasteiger partial charge >= 0.3 is 11.9 Å². The molecule has 2 fully saturated rings. The minimum absolute atomic E-state index is 0. The summed E-state index contributed by atoms with van der Waals surface area (Å²) in [6.45, 7) is 1.32. The maximum atomic E-state index is 13.5. The summed E-state index contributed by atoms with van der Waals surface area (Å²) in [4.78, 5) is 57.8. The second-order valence-corrected chi connectivity index (χ2v) is 15.4. The number of halogens is 2. The van der Waals surface area contributed by atoms with Crippen LogP contribution in [-0.4, -0.2) is 58.3 Å². The molecule has 0 radical (unpaired) electrons. The zero-order valence-electron chi connectivity index (χ0n) is 34.0. The normalized spacial score (nSPS) is 12.9. The molecule has 0 amide bonds. The predicted molar refractivity (Wildman–Crippen MR) is 243 cm³/mol. The molecule has 12 nitrogen and oxygen atoms in total. The van der Waals surface area contributed by atoms with Crippen molar-refractivity contribution in [2.45, 2.75) is 76.0 Å². The molecule has 2 aliphatic rings. The van der Waals surface area contributed by atoms with E-state index in [1.165, 1.54) is 14.2 Å². The Labute approximate surface area is 364 Å². The van der Waals surface area contributed by atoms with Gasteiger partial charge in [-0.05, 0) is 122 Å². The lowest BCUT2D eigenvalue weighted by molar-refractivity contribution is -0.141. The Balaban J connectivity index is 0.000000192. The number of nitrogens with two attached hydrogens (primary N) is 1. The van der Waals surface area contributed by atoms with Gasteiger partial charge in [0.15, 0.2) is 0 Å². The number of benzene rings is 4. The molecule has 2 aliphatic carbocycles. The molecule has 0 atom stereocenters. The molecule has 4 aromatic carbocycles. The van der Waals surface area contributed by atoms with Crippen LogP contribution >= 0.6 is 28.3 Å². The molecule has 0 spiro atoms. The number of para-hydroxylation sites is 2. The second-order valence-electron chi connectivity index (χ2n) is 14.6. The number of carbonyl (C=O) groups is 2. The molecule has 0 bridgehead atoms. The first-order valence-corrected chi connectivity index (χ1v) is 21.0. The Morgan fingerprint density at radius 1 is 0.667 bits per heavy atom. The highest BCUT2D eigenvalue weighted by Crippen LogP contribution is 2.41. The van der Waals surface area contributed by atoms with Gasteiger partial charge in [0.25, 0.3) is 11.1 Å². The van der Waals surface area contributed by atoms with Crippen molar-refractivity contribution in [1.29, 1.82) is 0 Å². The number of nitrogens with one attached hydrogen (secondary N) is 1. The number of unbranched alkanes of at least 4 members (excludes halogenated alkanes) is 2. The molecule has 2 heterocycles. The molecular formula is C46H52BrClN6O6. The lowest BCUT2D eigenvalue weighted by Gasteiger charge is -2.15. The van der Waals surface area contributed by atoms with Gasteiger partial charge in [0, 0.05) is 41.4 Å². The van der Waals surface area contributed by atoms with Crippen molar-refractivity contribution in [3.8, 4) is 11.4 Å². The van der Waals surface area contributed by atoms with Crippen molar-refractivity contribution in [2.75, 3.05) is 32.6 Å². The molecule has 2 aromatic heterocycles. The van der Waals surface area contributed by atoms with Gasteiger partial charge in [0.1, 0.15) is 11.6 Å². The maximum Gasteiger partial charge on any atom is 0.305 e. The fourth-order valence-electron chi connectivity index (χ4n) is 6.72. The number of nitrogens with zero attached hydrogens (tertiary/aromatic N) is 4. The molecule has 6 aromatic rings. The van der Waals surface area contributed by atoms with Crippen LogP contribution in [0.15, 0.2) is 111 Å². The topological polar surface area (TPSA) is 160 Å². The summed E-state index contributed by atoms with van der Waals surface area (Å²) in [5.74, 6) is 2.14. The Hall–Kier alpha value is -5.37. The van der Waals surface area contributed by atoms with Crippen molar-refractivity contribution in [3.63, 3.8) is 0 Å². The van der Waals surface area contributed by atoms with Crippen molar-refractivity contribution in [3.05, 3.63) is 134 Å². The van der Waals surface area contributed by atoms with Gasteiger partial charge in [-0.1, -0.05) is 48.5 Å². The van der Waals surface area contributed by atoms with E-state index in [1.807, 2.05) is 97.1 Å². The van der Waals surface area contributed by atoms with Crippen molar-refractivity contribution in [1.82, 2.24) is 19.1 Å². The summed E-state index contributed by atoms with van der Waals surface area (Å²) in [5, 5.41) is 4.61. The number of carbonyl (C=O) groups excluding carboxylic acids is 2. The van der Waals surface area contributed by atoms with Gasteiger partial charge < -0.3 is 20.5 Å². The number of rotatable bonds is 14. The smallest absolute Gasteiger partial charge is 0.305 e. The number of anilines is 1. The second kappa shape index (κ2) is 22.3. The summed E-state index contributed by atoms with van der Waals surface area (Å²) in [5.41, 5.74) is 9.17. The Morgan fingerprint density at radius 2 is 1.13 bits per heavy atom. The standard InChI is InChI=1S/C23H25N3O3.C17H13BrN2O.C6H13NO2.ClH/c1-29-20(27)12-5-6-15-24-18-10-7-11-19-21(18)23(28)26(17-8-3-2-4-9-17)22(25-19)16-13-14-16;18-13-7-4-8-14-15(13)17(21)20(12-5-2-1-3-6-12)16(19-14)11-9-10-11;1-9-6(8)4-2-3-5-7;/h2-4,7-11,16,24H,5-6,12-15H2,1H3;1-8,11H,9-10H2;2-5,7H2,1H3;1H. The van der Waals surface area contributed by atoms with Crippen LogP contribution in [0.2, 0.25) is 0 Å². The SMILES string of the molecule is COC(=O)CCCCN.COC(=O)CCCCNc1cccc2nc(C3CC3)n(-c3ccccc3)c(=O)c12.Cl.O=c1c2c(Br)cccc2nc(C2CC2)n1-c1ccccc1. The van der Waals surface area contributed by atoms with E-state index < -0.39 is 0 Å². The quantitative estimate of drug-likeness (QED) is 0.0799. The third-order valence-electron chi connectivity index (χ3n) is 10.1. The average Bonchev–Trinajstić information content (AvgIpc) is 4.20. The van der Waals surface area contributed by atoms with Crippen LogP contribution in [0.1, 0.15) is 87.7 Å². The van der Waals surface area contributed by atoms with Gasteiger partial charge in [-0.2, -0.15) is 0 Å². The first-order chi connectivity index (χ1) is 28.7. The van der Waals surface area contributed by atoms with Crippen LogP contribution in [0.25, 0.3) is 33.2 Å². The highest BCUT2D eigenvalue weighted by molar-refractivity contribution is 9.10. The number of aromatic nitrogens is 4. The van der Waals surface area contributed by atoms with Crippen LogP contribution in [-0.2, 0) is 19.1 Å². The fraction of sp³-hybridized carbons (Fsp3) is 0.348. The minimum Gasteiger partial charge on any atom is -0.469 e. The highest BCUT2D eigenvalue weighted by Gasteiger charge is 2.31. The molecule has 316 valence electrons. The van der Waals surface area contributed by atoms with E-state index in [4.69, 9.17) is 15.7 Å². The number of hydrogen-bond acceptors (Lipinski definition) is 10. The predicted octanol–water partition coefficient (Wildman–Crippen LogP) is 8.75. The van der Waals surface area contributed by atoms with E-state index in [2.05, 4.69) is 30.7 Å². The summed E-state index contributed by atoms with van der Waals surface area (Å²) in [7, 11) is 2.79. The number of methoxy groups -OCH3 is 2. The monoisotopic (exact) mass is 898 g/mol. The highest BCUT2D eigenvalue weighted by atomic mass is 79.9. The number of fused-ring (bicyclic) bond motifs is 2. The third kappa shape index (κ3) is 11.7. The average molecular weight is 900 g/mol. The Kier molecular flexibility index (Phi) is 17.0. The van der Waals surface area contributed by atoms with Crippen LogP contribution in [0.4, 0.5) is 5.69 Å². The Morgan fingerprint density at radius 3 is 1.62 bits per heavy atom. The van der Waals surface area contributed by atoms with E-state index in [0.717, 1.165) is 95.6 Å². The minimum atomic E-state index is -0.197. The molecule has 0 saturated heterocycles. The number of esters is 2. The van der Waals surface area contributed by atoms with Crippen LogP contribution in [0, 0.1) is 0 Å². The van der Waals surface area contributed by atoms with Crippen molar-refractivity contribution >= 4 is 67.8 Å². The zero-order chi connectivity index (χ0) is 41.7. The van der Waals surface area contributed by atoms with Gasteiger partial charge in [-0.25, -0.2) is 9.97 Å². The molecule has 0 aliphatic heterocycles. The van der Waals surface area contributed by atoms with E-state index in [-0.39, 0.29) is 35.5 Å². The van der Waals surface area contributed by atoms with Gasteiger partial charge in [0.05, 0.1) is 47.4 Å². The van der Waals surface area contributed by atoms with E-state index in [0.29, 0.717) is 48.5 Å². The molecule has 0 unspecified atom stereocenters. The van der Waals surface area contributed by atoms with Gasteiger partial charge in [-0.3, -0.25) is 28.3 Å². The maximum absolute atomic E-state index is 13.5. The van der Waals surface area contributed by atoms with Crippen LogP contribution < -0.4 is 22.2 Å². The molecule has 3 N–H and O–H groups in total. The summed E-state index contributed by atoms with van der Waals surface area (Å²) in [6.07, 6.45) is 8.55.